The maximum Gasteiger partial charge on any atom is 0.220 e. The Kier molecular flexibility index (Phi) is 5.48. The van der Waals surface area contributed by atoms with Gasteiger partial charge in [-0.15, -0.1) is 0 Å². The fraction of sp³-hybridized carbons (Fsp3) is 0.556. The van der Waals surface area contributed by atoms with E-state index in [1.807, 2.05) is 35.9 Å². The number of para-hydroxylation sites is 2. The molecule has 1 saturated heterocycles. The quantitative estimate of drug-likeness (QED) is 0.876. The molecule has 0 unspecified atom stereocenters. The maximum absolute atomic E-state index is 12.1. The second-order valence-corrected chi connectivity index (χ2v) is 6.39. The number of carbonyl (C=O) groups excluding carboxylic acids is 1. The first-order valence-electron chi connectivity index (χ1n) is 8.64. The van der Waals surface area contributed by atoms with Crippen LogP contribution in [0.2, 0.25) is 0 Å². The summed E-state index contributed by atoms with van der Waals surface area (Å²) in [6.07, 6.45) is 1.41. The summed E-state index contributed by atoms with van der Waals surface area (Å²) >= 11 is 0. The molecular formula is C18H26N4O2. The van der Waals surface area contributed by atoms with E-state index >= 15 is 0 Å². The predicted molar refractivity (Wildman–Crippen MR) is 93.6 cm³/mol. The highest BCUT2D eigenvalue weighted by Gasteiger charge is 2.18. The first kappa shape index (κ1) is 16.9. The number of aromatic nitrogens is 2. The molecule has 6 nitrogen and oxygen atoms in total. The highest BCUT2D eigenvalue weighted by Crippen LogP contribution is 2.14. The molecule has 0 bridgehead atoms. The van der Waals surface area contributed by atoms with Crippen LogP contribution in [0.4, 0.5) is 0 Å². The van der Waals surface area contributed by atoms with Gasteiger partial charge in [-0.3, -0.25) is 9.69 Å². The number of ether oxygens (including phenoxy) is 1. The third-order valence-corrected chi connectivity index (χ3v) is 4.78. The molecule has 2 aromatic rings. The molecule has 24 heavy (non-hydrogen) atoms. The normalized spacial score (nSPS) is 17.1. The van der Waals surface area contributed by atoms with Crippen molar-refractivity contribution in [2.75, 3.05) is 26.3 Å². The predicted octanol–water partition coefficient (Wildman–Crippen LogP) is 1.69. The summed E-state index contributed by atoms with van der Waals surface area (Å²) in [7, 11) is 1.98. The number of morpholine rings is 1. The standard InChI is InChI=1S/C18H26N4O2/c1-14(22-9-11-24-12-10-22)7-8-18(23)19-13-17-20-15-5-3-4-6-16(15)21(17)2/h3-6,14H,7-13H2,1-2H3,(H,19,23)/t14-/m1/s1. The number of imidazole rings is 1. The van der Waals surface area contributed by atoms with Crippen LogP contribution < -0.4 is 5.32 Å². The monoisotopic (exact) mass is 330 g/mol. The van der Waals surface area contributed by atoms with Gasteiger partial charge in [0, 0.05) is 32.6 Å². The molecule has 130 valence electrons. The number of hydrogen-bond acceptors (Lipinski definition) is 4. The molecule has 1 atom stereocenters. The molecule has 0 spiro atoms. The molecular weight excluding hydrogens is 304 g/mol. The average Bonchev–Trinajstić information content (AvgIpc) is 2.95. The number of carbonyl (C=O) groups is 1. The number of nitrogens with one attached hydrogen (secondary N) is 1. The number of amides is 1. The van der Waals surface area contributed by atoms with Crippen LogP contribution >= 0.6 is 0 Å². The van der Waals surface area contributed by atoms with Crippen molar-refractivity contribution in [2.45, 2.75) is 32.4 Å². The smallest absolute Gasteiger partial charge is 0.220 e. The molecule has 1 N–H and O–H groups in total. The Morgan fingerprint density at radius 3 is 2.83 bits per heavy atom. The molecule has 3 rings (SSSR count). The molecule has 1 aliphatic rings. The first-order chi connectivity index (χ1) is 11.6. The summed E-state index contributed by atoms with van der Waals surface area (Å²) in [5, 5.41) is 2.99. The van der Waals surface area contributed by atoms with Gasteiger partial charge in [-0.05, 0) is 25.5 Å². The molecule has 6 heteroatoms. The van der Waals surface area contributed by atoms with Gasteiger partial charge >= 0.3 is 0 Å². The Morgan fingerprint density at radius 1 is 1.33 bits per heavy atom. The average molecular weight is 330 g/mol. The van der Waals surface area contributed by atoms with Crippen molar-refractivity contribution in [3.05, 3.63) is 30.1 Å². The van der Waals surface area contributed by atoms with E-state index in [1.54, 1.807) is 0 Å². The van der Waals surface area contributed by atoms with E-state index in [1.165, 1.54) is 0 Å². The third-order valence-electron chi connectivity index (χ3n) is 4.78. The zero-order valence-corrected chi connectivity index (χ0v) is 14.5. The van der Waals surface area contributed by atoms with Crippen molar-refractivity contribution in [3.8, 4) is 0 Å². The van der Waals surface area contributed by atoms with Crippen LogP contribution in [0.25, 0.3) is 11.0 Å². The molecule has 2 heterocycles. The van der Waals surface area contributed by atoms with E-state index in [0.717, 1.165) is 49.6 Å². The van der Waals surface area contributed by atoms with Crippen molar-refractivity contribution in [3.63, 3.8) is 0 Å². The van der Waals surface area contributed by atoms with Gasteiger partial charge in [0.05, 0.1) is 30.8 Å². The topological polar surface area (TPSA) is 59.4 Å². The van der Waals surface area contributed by atoms with E-state index < -0.39 is 0 Å². The molecule has 1 amide bonds. The van der Waals surface area contributed by atoms with E-state index in [-0.39, 0.29) is 5.91 Å². The minimum absolute atomic E-state index is 0.0853. The van der Waals surface area contributed by atoms with Gasteiger partial charge in [-0.1, -0.05) is 12.1 Å². The van der Waals surface area contributed by atoms with Crippen molar-refractivity contribution >= 4 is 16.9 Å². The Labute approximate surface area is 142 Å². The number of rotatable bonds is 6. The number of nitrogens with zero attached hydrogens (tertiary/aromatic N) is 3. The minimum atomic E-state index is 0.0853. The van der Waals surface area contributed by atoms with Crippen LogP contribution in [0.15, 0.2) is 24.3 Å². The molecule has 1 fully saturated rings. The molecule has 0 aliphatic carbocycles. The Balaban J connectivity index is 1.47. The second kappa shape index (κ2) is 7.77. The summed E-state index contributed by atoms with van der Waals surface area (Å²) in [5.41, 5.74) is 2.05. The number of fused-ring (bicyclic) bond motifs is 1. The number of hydrogen-bond donors (Lipinski definition) is 1. The number of benzene rings is 1. The SMILES string of the molecule is C[C@H](CCC(=O)NCc1nc2ccccc2n1C)N1CCOCC1. The fourth-order valence-corrected chi connectivity index (χ4v) is 3.16. The zero-order valence-electron chi connectivity index (χ0n) is 14.5. The van der Waals surface area contributed by atoms with Gasteiger partial charge in [0.1, 0.15) is 5.82 Å². The molecule has 1 aromatic carbocycles. The molecule has 0 radical (unpaired) electrons. The maximum atomic E-state index is 12.1. The lowest BCUT2D eigenvalue weighted by molar-refractivity contribution is -0.121. The van der Waals surface area contributed by atoms with Gasteiger partial charge in [-0.2, -0.15) is 0 Å². The minimum Gasteiger partial charge on any atom is -0.379 e. The summed E-state index contributed by atoms with van der Waals surface area (Å²) < 4.78 is 7.40. The third kappa shape index (κ3) is 3.94. The number of aryl methyl sites for hydroxylation is 1. The lowest BCUT2D eigenvalue weighted by atomic mass is 10.1. The van der Waals surface area contributed by atoms with E-state index in [4.69, 9.17) is 4.74 Å². The lowest BCUT2D eigenvalue weighted by Crippen LogP contribution is -2.42. The van der Waals surface area contributed by atoms with Gasteiger partial charge in [0.25, 0.3) is 0 Å². The van der Waals surface area contributed by atoms with E-state index in [0.29, 0.717) is 19.0 Å². The van der Waals surface area contributed by atoms with Gasteiger partial charge in [-0.25, -0.2) is 4.98 Å². The van der Waals surface area contributed by atoms with E-state index in [9.17, 15) is 4.79 Å². The van der Waals surface area contributed by atoms with Crippen molar-refractivity contribution < 1.29 is 9.53 Å². The lowest BCUT2D eigenvalue weighted by Gasteiger charge is -2.32. The highest BCUT2D eigenvalue weighted by molar-refractivity contribution is 5.77. The van der Waals surface area contributed by atoms with Gasteiger partial charge < -0.3 is 14.6 Å². The first-order valence-corrected chi connectivity index (χ1v) is 8.64. The van der Waals surface area contributed by atoms with Crippen LogP contribution in [0.3, 0.4) is 0 Å². The largest absolute Gasteiger partial charge is 0.379 e. The van der Waals surface area contributed by atoms with Crippen molar-refractivity contribution in [1.29, 1.82) is 0 Å². The summed E-state index contributed by atoms with van der Waals surface area (Å²) in [5.74, 6) is 0.966. The van der Waals surface area contributed by atoms with Crippen LogP contribution in [-0.2, 0) is 23.1 Å². The Bertz CT molecular complexity index is 691. The van der Waals surface area contributed by atoms with Crippen LogP contribution in [0.1, 0.15) is 25.6 Å². The van der Waals surface area contributed by atoms with Gasteiger partial charge in [0.2, 0.25) is 5.91 Å². The van der Waals surface area contributed by atoms with Crippen LogP contribution in [0, 0.1) is 0 Å². The zero-order chi connectivity index (χ0) is 16.9. The Morgan fingerprint density at radius 2 is 2.08 bits per heavy atom. The second-order valence-electron chi connectivity index (χ2n) is 6.39. The van der Waals surface area contributed by atoms with Crippen LogP contribution in [0.5, 0.6) is 0 Å². The fourth-order valence-electron chi connectivity index (χ4n) is 3.16. The summed E-state index contributed by atoms with van der Waals surface area (Å²) in [6, 6.07) is 8.42. The molecule has 1 aromatic heterocycles. The summed E-state index contributed by atoms with van der Waals surface area (Å²) in [4.78, 5) is 19.1. The van der Waals surface area contributed by atoms with Crippen molar-refractivity contribution in [1.82, 2.24) is 19.8 Å². The summed E-state index contributed by atoms with van der Waals surface area (Å²) in [6.45, 7) is 6.16. The molecule has 1 aliphatic heterocycles. The van der Waals surface area contributed by atoms with Crippen molar-refractivity contribution in [2.24, 2.45) is 7.05 Å². The Hall–Kier alpha value is -1.92. The van der Waals surface area contributed by atoms with Crippen LogP contribution in [-0.4, -0.2) is 52.7 Å². The van der Waals surface area contributed by atoms with Gasteiger partial charge in [0.15, 0.2) is 0 Å². The van der Waals surface area contributed by atoms with E-state index in [2.05, 4.69) is 22.1 Å². The molecule has 0 saturated carbocycles. The highest BCUT2D eigenvalue weighted by atomic mass is 16.5.